The SMILES string of the molecule is CCC(C)(CN)N(C)CCC(C)O. The molecule has 13 heavy (non-hydrogen) atoms. The van der Waals surface area contributed by atoms with Gasteiger partial charge in [-0.2, -0.15) is 0 Å². The smallest absolute Gasteiger partial charge is 0.0524 e. The van der Waals surface area contributed by atoms with Gasteiger partial charge in [-0.25, -0.2) is 0 Å². The Hall–Kier alpha value is -0.120. The molecule has 0 saturated carbocycles. The van der Waals surface area contributed by atoms with Gasteiger partial charge in [-0.15, -0.1) is 0 Å². The molecule has 0 radical (unpaired) electrons. The Morgan fingerprint density at radius 2 is 2.08 bits per heavy atom. The monoisotopic (exact) mass is 188 g/mol. The second-order valence-electron chi connectivity index (χ2n) is 4.11. The highest BCUT2D eigenvalue weighted by molar-refractivity contribution is 4.83. The minimum absolute atomic E-state index is 0.0783. The Labute approximate surface area is 81.9 Å². The van der Waals surface area contributed by atoms with Crippen LogP contribution in [0.1, 0.15) is 33.6 Å². The van der Waals surface area contributed by atoms with E-state index in [4.69, 9.17) is 10.8 Å². The molecule has 3 nitrogen and oxygen atoms in total. The van der Waals surface area contributed by atoms with Gasteiger partial charge in [0.05, 0.1) is 6.10 Å². The van der Waals surface area contributed by atoms with Crippen LogP contribution in [0.2, 0.25) is 0 Å². The Kier molecular flexibility index (Phi) is 5.53. The first kappa shape index (κ1) is 12.9. The van der Waals surface area contributed by atoms with Gasteiger partial charge in [-0.1, -0.05) is 6.92 Å². The molecular formula is C10H24N2O. The second-order valence-corrected chi connectivity index (χ2v) is 4.11. The summed E-state index contributed by atoms with van der Waals surface area (Å²) in [5.41, 5.74) is 5.80. The molecule has 0 amide bonds. The fourth-order valence-electron chi connectivity index (χ4n) is 1.22. The summed E-state index contributed by atoms with van der Waals surface area (Å²) < 4.78 is 0. The van der Waals surface area contributed by atoms with Crippen molar-refractivity contribution >= 4 is 0 Å². The van der Waals surface area contributed by atoms with Gasteiger partial charge >= 0.3 is 0 Å². The summed E-state index contributed by atoms with van der Waals surface area (Å²) in [6.07, 6.45) is 1.63. The molecule has 2 unspecified atom stereocenters. The quantitative estimate of drug-likeness (QED) is 0.649. The average molecular weight is 188 g/mol. The number of hydrogen-bond donors (Lipinski definition) is 2. The molecule has 0 saturated heterocycles. The van der Waals surface area contributed by atoms with Crippen molar-refractivity contribution in [1.82, 2.24) is 4.90 Å². The predicted molar refractivity (Wildman–Crippen MR) is 56.7 cm³/mol. The molecule has 0 aliphatic carbocycles. The molecule has 0 aliphatic rings. The largest absolute Gasteiger partial charge is 0.393 e. The molecule has 0 bridgehead atoms. The molecule has 80 valence electrons. The predicted octanol–water partition coefficient (Wildman–Crippen LogP) is 0.817. The Morgan fingerprint density at radius 3 is 2.38 bits per heavy atom. The lowest BCUT2D eigenvalue weighted by Gasteiger charge is -2.37. The molecule has 0 heterocycles. The molecule has 0 aromatic rings. The summed E-state index contributed by atoms with van der Waals surface area (Å²) in [4.78, 5) is 2.24. The van der Waals surface area contributed by atoms with Crippen molar-refractivity contribution in [1.29, 1.82) is 0 Å². The summed E-state index contributed by atoms with van der Waals surface area (Å²) in [5, 5.41) is 9.15. The number of likely N-dealkylation sites (N-methyl/N-ethyl adjacent to an activating group) is 1. The van der Waals surface area contributed by atoms with Crippen LogP contribution in [0.3, 0.4) is 0 Å². The van der Waals surface area contributed by atoms with Crippen LogP contribution in [0.5, 0.6) is 0 Å². The van der Waals surface area contributed by atoms with E-state index in [1.807, 2.05) is 6.92 Å². The fraction of sp³-hybridized carbons (Fsp3) is 1.00. The second kappa shape index (κ2) is 5.58. The van der Waals surface area contributed by atoms with Crippen molar-refractivity contribution in [2.24, 2.45) is 5.73 Å². The maximum atomic E-state index is 9.15. The molecular weight excluding hydrogens is 164 g/mol. The number of aliphatic hydroxyl groups excluding tert-OH is 1. The van der Waals surface area contributed by atoms with Crippen LogP contribution in [-0.2, 0) is 0 Å². The van der Waals surface area contributed by atoms with E-state index < -0.39 is 0 Å². The summed E-state index contributed by atoms with van der Waals surface area (Å²) in [7, 11) is 2.07. The molecule has 3 N–H and O–H groups in total. The van der Waals surface area contributed by atoms with E-state index in [-0.39, 0.29) is 11.6 Å². The van der Waals surface area contributed by atoms with Crippen molar-refractivity contribution in [3.63, 3.8) is 0 Å². The van der Waals surface area contributed by atoms with Crippen molar-refractivity contribution in [3.8, 4) is 0 Å². The van der Waals surface area contributed by atoms with E-state index >= 15 is 0 Å². The van der Waals surface area contributed by atoms with E-state index in [9.17, 15) is 0 Å². The third-order valence-corrected chi connectivity index (χ3v) is 3.01. The van der Waals surface area contributed by atoms with Gasteiger partial charge in [0.1, 0.15) is 0 Å². The van der Waals surface area contributed by atoms with Gasteiger partial charge in [0.15, 0.2) is 0 Å². The molecule has 0 rings (SSSR count). The highest BCUT2D eigenvalue weighted by Crippen LogP contribution is 2.16. The zero-order valence-electron chi connectivity index (χ0n) is 9.38. The van der Waals surface area contributed by atoms with Crippen LogP contribution >= 0.6 is 0 Å². The normalized spacial score (nSPS) is 18.7. The Bertz CT molecular complexity index is 133. The van der Waals surface area contributed by atoms with Gasteiger partial charge in [-0.05, 0) is 33.7 Å². The lowest BCUT2D eigenvalue weighted by molar-refractivity contribution is 0.106. The van der Waals surface area contributed by atoms with Crippen molar-refractivity contribution in [2.75, 3.05) is 20.1 Å². The highest BCUT2D eigenvalue weighted by Gasteiger charge is 2.24. The third-order valence-electron chi connectivity index (χ3n) is 3.01. The van der Waals surface area contributed by atoms with Crippen LogP contribution in [0.25, 0.3) is 0 Å². The van der Waals surface area contributed by atoms with Gasteiger partial charge in [0, 0.05) is 18.6 Å². The van der Waals surface area contributed by atoms with Gasteiger partial charge < -0.3 is 10.8 Å². The zero-order valence-corrected chi connectivity index (χ0v) is 9.38. The van der Waals surface area contributed by atoms with Crippen LogP contribution in [0.4, 0.5) is 0 Å². The lowest BCUT2D eigenvalue weighted by atomic mass is 9.97. The fourth-order valence-corrected chi connectivity index (χ4v) is 1.22. The minimum Gasteiger partial charge on any atom is -0.393 e. The average Bonchev–Trinajstić information content (AvgIpc) is 2.12. The van der Waals surface area contributed by atoms with Crippen LogP contribution in [0, 0.1) is 0 Å². The third kappa shape index (κ3) is 4.07. The van der Waals surface area contributed by atoms with Gasteiger partial charge in [0.25, 0.3) is 0 Å². The Morgan fingerprint density at radius 1 is 1.54 bits per heavy atom. The van der Waals surface area contributed by atoms with Crippen LogP contribution in [-0.4, -0.2) is 41.8 Å². The summed E-state index contributed by atoms with van der Waals surface area (Å²) >= 11 is 0. The molecule has 0 fully saturated rings. The van der Waals surface area contributed by atoms with Crippen molar-refractivity contribution in [3.05, 3.63) is 0 Å². The van der Waals surface area contributed by atoms with Crippen molar-refractivity contribution < 1.29 is 5.11 Å². The van der Waals surface area contributed by atoms with E-state index in [2.05, 4.69) is 25.8 Å². The van der Waals surface area contributed by atoms with Gasteiger partial charge in [-0.3, -0.25) is 4.90 Å². The number of nitrogens with two attached hydrogens (primary N) is 1. The topological polar surface area (TPSA) is 49.5 Å². The highest BCUT2D eigenvalue weighted by atomic mass is 16.3. The summed E-state index contributed by atoms with van der Waals surface area (Å²) in [6.45, 7) is 7.69. The minimum atomic E-state index is -0.221. The van der Waals surface area contributed by atoms with E-state index in [0.717, 1.165) is 19.4 Å². The standard InChI is InChI=1S/C10H24N2O/c1-5-10(3,8-11)12(4)7-6-9(2)13/h9,13H,5-8,11H2,1-4H3. The number of rotatable bonds is 6. The molecule has 0 aliphatic heterocycles. The summed E-state index contributed by atoms with van der Waals surface area (Å²) in [6, 6.07) is 0. The number of aliphatic hydroxyl groups is 1. The zero-order chi connectivity index (χ0) is 10.5. The summed E-state index contributed by atoms with van der Waals surface area (Å²) in [5.74, 6) is 0. The van der Waals surface area contributed by atoms with E-state index in [1.54, 1.807) is 0 Å². The van der Waals surface area contributed by atoms with E-state index in [1.165, 1.54) is 0 Å². The molecule has 2 atom stereocenters. The maximum absolute atomic E-state index is 9.15. The number of nitrogens with zero attached hydrogens (tertiary/aromatic N) is 1. The first-order valence-corrected chi connectivity index (χ1v) is 5.05. The van der Waals surface area contributed by atoms with Gasteiger partial charge in [0.2, 0.25) is 0 Å². The first-order valence-electron chi connectivity index (χ1n) is 5.05. The molecule has 3 heteroatoms. The first-order chi connectivity index (χ1) is 5.96. The molecule has 0 aromatic heterocycles. The molecule has 0 aromatic carbocycles. The molecule has 0 spiro atoms. The Balaban J connectivity index is 3.99. The lowest BCUT2D eigenvalue weighted by Crippen LogP contribution is -2.49. The maximum Gasteiger partial charge on any atom is 0.0524 e. The number of hydrogen-bond acceptors (Lipinski definition) is 3. The van der Waals surface area contributed by atoms with E-state index in [0.29, 0.717) is 6.54 Å². The van der Waals surface area contributed by atoms with Crippen molar-refractivity contribution in [2.45, 2.75) is 45.3 Å². The van der Waals surface area contributed by atoms with Crippen LogP contribution in [0.15, 0.2) is 0 Å². The van der Waals surface area contributed by atoms with Crippen LogP contribution < -0.4 is 5.73 Å².